The van der Waals surface area contributed by atoms with Crippen LogP contribution in [0.4, 0.5) is 10.1 Å². The van der Waals surface area contributed by atoms with Gasteiger partial charge in [0.15, 0.2) is 0 Å². The summed E-state index contributed by atoms with van der Waals surface area (Å²) in [5.41, 5.74) is 1.59. The lowest BCUT2D eigenvalue weighted by molar-refractivity contribution is 0.0662. The maximum atomic E-state index is 13.9. The Kier molecular flexibility index (Phi) is 6.35. The van der Waals surface area contributed by atoms with Crippen molar-refractivity contribution >= 4 is 17.3 Å². The number of β-amino-alcohol motifs (C(OH)–C–C–N with tert-alkyl or cyclic N) is 1. The molecule has 140 valence electrons. The van der Waals surface area contributed by atoms with Gasteiger partial charge in [0.1, 0.15) is 24.3 Å². The fourth-order valence-electron chi connectivity index (χ4n) is 3.13. The quantitative estimate of drug-likeness (QED) is 0.836. The van der Waals surface area contributed by atoms with Gasteiger partial charge in [-0.25, -0.2) is 4.39 Å². The Morgan fingerprint density at radius 2 is 1.88 bits per heavy atom. The summed E-state index contributed by atoms with van der Waals surface area (Å²) in [7, 11) is 0. The van der Waals surface area contributed by atoms with Gasteiger partial charge in [0.2, 0.25) is 0 Å². The Hall–Kier alpha value is -1.82. The highest BCUT2D eigenvalue weighted by molar-refractivity contribution is 6.31. The fourth-order valence-corrected chi connectivity index (χ4v) is 3.25. The van der Waals surface area contributed by atoms with Crippen LogP contribution in [0.3, 0.4) is 0 Å². The molecule has 6 heteroatoms. The van der Waals surface area contributed by atoms with Crippen molar-refractivity contribution in [1.29, 1.82) is 0 Å². The van der Waals surface area contributed by atoms with E-state index in [1.54, 1.807) is 18.2 Å². The summed E-state index contributed by atoms with van der Waals surface area (Å²) < 4.78 is 19.5. The van der Waals surface area contributed by atoms with E-state index in [4.69, 9.17) is 16.3 Å². The second-order valence-corrected chi connectivity index (χ2v) is 7.02. The number of aliphatic hydroxyl groups is 1. The monoisotopic (exact) mass is 378 g/mol. The van der Waals surface area contributed by atoms with Crippen LogP contribution in [0.25, 0.3) is 0 Å². The molecule has 1 aliphatic heterocycles. The van der Waals surface area contributed by atoms with Gasteiger partial charge in [-0.05, 0) is 42.8 Å². The third-order valence-electron chi connectivity index (χ3n) is 4.61. The number of benzene rings is 2. The molecule has 0 amide bonds. The van der Waals surface area contributed by atoms with Crippen molar-refractivity contribution in [2.45, 2.75) is 13.0 Å². The topological polar surface area (TPSA) is 35.9 Å². The minimum absolute atomic E-state index is 0.187. The molecule has 0 spiro atoms. The highest BCUT2D eigenvalue weighted by atomic mass is 35.5. The highest BCUT2D eigenvalue weighted by Gasteiger charge is 2.21. The Morgan fingerprint density at radius 1 is 1.15 bits per heavy atom. The van der Waals surface area contributed by atoms with Crippen molar-refractivity contribution in [1.82, 2.24) is 4.90 Å². The number of halogens is 2. The summed E-state index contributed by atoms with van der Waals surface area (Å²) in [5, 5.41) is 10.9. The molecule has 4 nitrogen and oxygen atoms in total. The molecule has 3 rings (SSSR count). The van der Waals surface area contributed by atoms with E-state index in [0.717, 1.165) is 31.7 Å². The lowest BCUT2D eigenvalue weighted by Crippen LogP contribution is -2.49. The molecule has 0 aliphatic carbocycles. The molecule has 26 heavy (non-hydrogen) atoms. The van der Waals surface area contributed by atoms with Gasteiger partial charge >= 0.3 is 0 Å². The number of hydrogen-bond donors (Lipinski definition) is 1. The molecule has 0 unspecified atom stereocenters. The summed E-state index contributed by atoms with van der Waals surface area (Å²) in [4.78, 5) is 4.23. The molecule has 2 aromatic carbocycles. The van der Waals surface area contributed by atoms with Gasteiger partial charge in [-0.1, -0.05) is 23.7 Å². The van der Waals surface area contributed by atoms with E-state index in [1.807, 2.05) is 30.0 Å². The predicted octanol–water partition coefficient (Wildman–Crippen LogP) is 3.35. The summed E-state index contributed by atoms with van der Waals surface area (Å²) in [6, 6.07) is 12.3. The average molecular weight is 379 g/mol. The van der Waals surface area contributed by atoms with Crippen LogP contribution < -0.4 is 9.64 Å². The van der Waals surface area contributed by atoms with E-state index in [-0.39, 0.29) is 12.4 Å². The highest BCUT2D eigenvalue weighted by Crippen LogP contribution is 2.22. The van der Waals surface area contributed by atoms with Crippen LogP contribution in [0.2, 0.25) is 5.02 Å². The standard InChI is InChI=1S/C20H24ClFN2O2/c1-15-12-17(6-7-18(15)21)26-14-16(25)13-23-8-10-24(11-9-23)20-5-3-2-4-19(20)22/h2-7,12,16,25H,8-11,13-14H2,1H3/t16-/m1/s1. The second kappa shape index (κ2) is 8.71. The van der Waals surface area contributed by atoms with E-state index in [9.17, 15) is 9.50 Å². The van der Waals surface area contributed by atoms with Gasteiger partial charge in [0, 0.05) is 37.7 Å². The van der Waals surface area contributed by atoms with Crippen LogP contribution in [0.1, 0.15) is 5.56 Å². The molecule has 1 N–H and O–H groups in total. The summed E-state index contributed by atoms with van der Waals surface area (Å²) in [6.45, 7) is 5.74. The van der Waals surface area contributed by atoms with Crippen molar-refractivity contribution in [2.75, 3.05) is 44.2 Å². The van der Waals surface area contributed by atoms with E-state index in [1.165, 1.54) is 6.07 Å². The Balaban J connectivity index is 1.44. The molecular formula is C20H24ClFN2O2. The summed E-state index contributed by atoms with van der Waals surface area (Å²) >= 11 is 6.00. The first-order valence-corrected chi connectivity index (χ1v) is 9.19. The van der Waals surface area contributed by atoms with E-state index < -0.39 is 6.10 Å². The van der Waals surface area contributed by atoms with E-state index in [2.05, 4.69) is 4.90 Å². The molecular weight excluding hydrogens is 355 g/mol. The average Bonchev–Trinajstić information content (AvgIpc) is 2.64. The van der Waals surface area contributed by atoms with Crippen LogP contribution in [0, 0.1) is 12.7 Å². The number of hydrogen-bond acceptors (Lipinski definition) is 4. The molecule has 1 heterocycles. The predicted molar refractivity (Wildman–Crippen MR) is 103 cm³/mol. The largest absolute Gasteiger partial charge is 0.491 e. The zero-order valence-corrected chi connectivity index (χ0v) is 15.6. The van der Waals surface area contributed by atoms with E-state index >= 15 is 0 Å². The lowest BCUT2D eigenvalue weighted by Gasteiger charge is -2.36. The SMILES string of the molecule is Cc1cc(OC[C@H](O)CN2CCN(c3ccccc3F)CC2)ccc1Cl. The van der Waals surface area contributed by atoms with Crippen molar-refractivity contribution in [3.05, 3.63) is 58.9 Å². The third-order valence-corrected chi connectivity index (χ3v) is 5.03. The molecule has 0 bridgehead atoms. The molecule has 2 aromatic rings. The van der Waals surface area contributed by atoms with Crippen molar-refractivity contribution in [2.24, 2.45) is 0 Å². The second-order valence-electron chi connectivity index (χ2n) is 6.61. The van der Waals surface area contributed by atoms with Crippen molar-refractivity contribution in [3.63, 3.8) is 0 Å². The number of aryl methyl sites for hydroxylation is 1. The molecule has 1 aliphatic rings. The summed E-state index contributed by atoms with van der Waals surface area (Å²) in [5.74, 6) is 0.517. The molecule has 1 saturated heterocycles. The van der Waals surface area contributed by atoms with Gasteiger partial charge < -0.3 is 14.7 Å². The Labute approximate surface area is 158 Å². The number of aliphatic hydroxyl groups excluding tert-OH is 1. The number of rotatable bonds is 6. The van der Waals surface area contributed by atoms with Crippen LogP contribution >= 0.6 is 11.6 Å². The molecule has 1 atom stereocenters. The zero-order valence-electron chi connectivity index (χ0n) is 14.9. The normalized spacial score (nSPS) is 16.5. The van der Waals surface area contributed by atoms with Gasteiger partial charge in [-0.3, -0.25) is 4.90 Å². The minimum Gasteiger partial charge on any atom is -0.491 e. The Morgan fingerprint density at radius 3 is 2.58 bits per heavy atom. The van der Waals surface area contributed by atoms with Crippen LogP contribution in [-0.2, 0) is 0 Å². The smallest absolute Gasteiger partial charge is 0.146 e. The Bertz CT molecular complexity index is 736. The number of para-hydroxylation sites is 1. The van der Waals surface area contributed by atoms with Gasteiger partial charge in [-0.15, -0.1) is 0 Å². The molecule has 0 radical (unpaired) electrons. The maximum Gasteiger partial charge on any atom is 0.146 e. The molecule has 1 fully saturated rings. The van der Waals surface area contributed by atoms with Crippen molar-refractivity contribution in [3.8, 4) is 5.75 Å². The van der Waals surface area contributed by atoms with Crippen molar-refractivity contribution < 1.29 is 14.2 Å². The van der Waals surface area contributed by atoms with Crippen LogP contribution in [0.5, 0.6) is 5.75 Å². The first-order valence-electron chi connectivity index (χ1n) is 8.82. The first-order chi connectivity index (χ1) is 12.5. The van der Waals surface area contributed by atoms with Gasteiger partial charge in [-0.2, -0.15) is 0 Å². The number of anilines is 1. The van der Waals surface area contributed by atoms with Gasteiger partial charge in [0.05, 0.1) is 5.69 Å². The fraction of sp³-hybridized carbons (Fsp3) is 0.400. The van der Waals surface area contributed by atoms with Crippen LogP contribution in [-0.4, -0.2) is 55.4 Å². The van der Waals surface area contributed by atoms with Crippen LogP contribution in [0.15, 0.2) is 42.5 Å². The number of ether oxygens (including phenoxy) is 1. The lowest BCUT2D eigenvalue weighted by atomic mass is 10.2. The molecule has 0 saturated carbocycles. The maximum absolute atomic E-state index is 13.9. The minimum atomic E-state index is -0.578. The number of nitrogens with zero attached hydrogens (tertiary/aromatic N) is 2. The molecule has 0 aromatic heterocycles. The van der Waals surface area contributed by atoms with E-state index in [0.29, 0.717) is 23.0 Å². The summed E-state index contributed by atoms with van der Waals surface area (Å²) in [6.07, 6.45) is -0.578. The number of piperazine rings is 1. The first kappa shape index (κ1) is 19.0. The zero-order chi connectivity index (χ0) is 18.5. The van der Waals surface area contributed by atoms with Gasteiger partial charge in [0.25, 0.3) is 0 Å². The third kappa shape index (κ3) is 4.87.